The number of aliphatic hydroxyl groups is 1. The van der Waals surface area contributed by atoms with Crippen molar-refractivity contribution in [2.75, 3.05) is 18.4 Å². The molecule has 3 saturated carbocycles. The molecule has 1 spiro atoms. The number of nitrogens with zero attached hydrogens (tertiary/aromatic N) is 3. The fraction of sp³-hybridized carbons (Fsp3) is 0.697. The summed E-state index contributed by atoms with van der Waals surface area (Å²) in [5, 5.41) is 13.0. The largest absolute Gasteiger partial charge is 0.419 e. The van der Waals surface area contributed by atoms with Crippen molar-refractivity contribution in [3.05, 3.63) is 41.2 Å². The first-order valence-electron chi connectivity index (χ1n) is 16.1. The van der Waals surface area contributed by atoms with Crippen LogP contribution < -0.4 is 5.32 Å². The number of aliphatic hydroxyl groups excluding tert-OH is 1. The minimum Gasteiger partial charge on any atom is -0.393 e. The van der Waals surface area contributed by atoms with Crippen LogP contribution in [0.15, 0.2) is 29.3 Å². The zero-order valence-corrected chi connectivity index (χ0v) is 26.6. The van der Waals surface area contributed by atoms with Crippen LogP contribution in [0.5, 0.6) is 0 Å². The molecule has 2 aromatic rings. The third-order valence-electron chi connectivity index (χ3n) is 10.1. The molecule has 1 aromatic carbocycles. The van der Waals surface area contributed by atoms with E-state index in [0.717, 1.165) is 42.6 Å². The molecule has 0 amide bonds. The number of aryl methyl sites for hydroxylation is 1. The van der Waals surface area contributed by atoms with E-state index in [1.807, 2.05) is 25.1 Å². The predicted molar refractivity (Wildman–Crippen MR) is 165 cm³/mol. The first kappa shape index (κ1) is 32.4. The molecule has 6 rings (SSSR count). The molecule has 0 bridgehead atoms. The van der Waals surface area contributed by atoms with Crippen LogP contribution in [0.1, 0.15) is 114 Å². The Balaban J connectivity index is 0.000000850. The molecule has 1 atom stereocenters. The van der Waals surface area contributed by atoms with E-state index in [-0.39, 0.29) is 22.8 Å². The van der Waals surface area contributed by atoms with E-state index in [1.54, 1.807) is 0 Å². The van der Waals surface area contributed by atoms with Crippen LogP contribution in [0.3, 0.4) is 0 Å². The monoisotopic (exact) mass is 620 g/mol. The lowest BCUT2D eigenvalue weighted by molar-refractivity contribution is -0.139. The van der Waals surface area contributed by atoms with E-state index in [0.29, 0.717) is 42.8 Å². The van der Waals surface area contributed by atoms with E-state index < -0.39 is 28.6 Å². The number of hydrogen-bond donors (Lipinski definition) is 2. The zero-order chi connectivity index (χ0) is 30.8. The summed E-state index contributed by atoms with van der Waals surface area (Å²) in [4.78, 5) is 11.6. The zero-order valence-electron chi connectivity index (χ0n) is 25.8. The average molecular weight is 621 g/mol. The van der Waals surface area contributed by atoms with Crippen LogP contribution in [0.25, 0.3) is 0 Å². The van der Waals surface area contributed by atoms with Gasteiger partial charge in [0, 0.05) is 34.0 Å². The van der Waals surface area contributed by atoms with Crippen molar-refractivity contribution < 1.29 is 22.5 Å². The molecule has 1 saturated heterocycles. The highest BCUT2D eigenvalue weighted by Crippen LogP contribution is 2.52. The molecule has 4 aliphatic rings. The van der Waals surface area contributed by atoms with Gasteiger partial charge in [-0.05, 0) is 114 Å². The Hall–Kier alpha value is -2.04. The van der Waals surface area contributed by atoms with E-state index in [4.69, 9.17) is 0 Å². The fourth-order valence-corrected chi connectivity index (χ4v) is 8.67. The van der Waals surface area contributed by atoms with Gasteiger partial charge >= 0.3 is 6.18 Å². The van der Waals surface area contributed by atoms with Crippen molar-refractivity contribution in [3.63, 3.8) is 0 Å². The summed E-state index contributed by atoms with van der Waals surface area (Å²) in [6, 6.07) is 6.13. The van der Waals surface area contributed by atoms with Gasteiger partial charge in [-0.25, -0.2) is 9.97 Å². The molecule has 238 valence electrons. The van der Waals surface area contributed by atoms with E-state index in [9.17, 15) is 22.5 Å². The van der Waals surface area contributed by atoms with E-state index in [2.05, 4.69) is 34.0 Å². The van der Waals surface area contributed by atoms with Crippen molar-refractivity contribution in [2.24, 2.45) is 5.41 Å². The molecular formula is C33H47F3N4O2S. The number of aromatic nitrogens is 2. The van der Waals surface area contributed by atoms with Crippen LogP contribution in [-0.4, -0.2) is 54.7 Å². The highest BCUT2D eigenvalue weighted by atomic mass is 32.2. The summed E-state index contributed by atoms with van der Waals surface area (Å²) >= 11 is 0. The number of benzene rings is 1. The molecule has 2 heterocycles. The fourth-order valence-electron chi connectivity index (χ4n) is 6.78. The number of halogens is 3. The first-order chi connectivity index (χ1) is 20.4. The summed E-state index contributed by atoms with van der Waals surface area (Å²) in [5.41, 5.74) is 1.03. The van der Waals surface area contributed by atoms with Crippen LogP contribution in [0.4, 0.5) is 24.8 Å². The molecule has 6 nitrogen and oxygen atoms in total. The summed E-state index contributed by atoms with van der Waals surface area (Å²) in [6.45, 7) is 8.60. The summed E-state index contributed by atoms with van der Waals surface area (Å²) in [7, 11) is -1.09. The maximum atomic E-state index is 13.7. The number of piperidine rings is 1. The molecular weight excluding hydrogens is 573 g/mol. The Kier molecular flexibility index (Phi) is 10.2. The topological polar surface area (TPSA) is 78.4 Å². The molecule has 4 fully saturated rings. The Morgan fingerprint density at radius 3 is 2.21 bits per heavy atom. The van der Waals surface area contributed by atoms with Crippen LogP contribution in [0.2, 0.25) is 0 Å². The van der Waals surface area contributed by atoms with Gasteiger partial charge in [-0.15, -0.1) is 0 Å². The molecule has 43 heavy (non-hydrogen) atoms. The normalized spacial score (nSPS) is 24.9. The Labute approximate surface area is 256 Å². The van der Waals surface area contributed by atoms with Gasteiger partial charge in [-0.2, -0.15) is 13.2 Å². The van der Waals surface area contributed by atoms with Crippen molar-refractivity contribution >= 4 is 22.4 Å². The third kappa shape index (κ3) is 7.79. The maximum absolute atomic E-state index is 13.7. The van der Waals surface area contributed by atoms with Gasteiger partial charge in [0.25, 0.3) is 0 Å². The molecule has 2 N–H and O–H groups in total. The SMILES string of the molecule is C1CCC1.Cc1cc(S(=O)C2CC3(CCN(C(C)C)CC3)C2)ccc1Nc1ncc(C(F)(F)F)c(C2CCC(O)CC2)n1. The van der Waals surface area contributed by atoms with Gasteiger partial charge < -0.3 is 15.3 Å². The summed E-state index contributed by atoms with van der Waals surface area (Å²) in [5.74, 6) is -0.266. The minimum absolute atomic E-state index is 0.0135. The molecule has 1 aliphatic heterocycles. The lowest BCUT2D eigenvalue weighted by Gasteiger charge is -2.52. The van der Waals surface area contributed by atoms with Crippen LogP contribution >= 0.6 is 0 Å². The summed E-state index contributed by atoms with van der Waals surface area (Å²) in [6.07, 6.45) is 8.05. The second-order valence-electron chi connectivity index (χ2n) is 13.5. The number of hydrogen-bond acceptors (Lipinski definition) is 6. The van der Waals surface area contributed by atoms with Crippen molar-refractivity contribution in [1.29, 1.82) is 0 Å². The molecule has 10 heteroatoms. The van der Waals surface area contributed by atoms with Gasteiger partial charge in [-0.3, -0.25) is 4.21 Å². The van der Waals surface area contributed by atoms with E-state index in [1.165, 1.54) is 38.5 Å². The quantitative estimate of drug-likeness (QED) is 0.342. The molecule has 1 unspecified atom stereocenters. The smallest absolute Gasteiger partial charge is 0.393 e. The molecule has 3 aliphatic carbocycles. The lowest BCUT2D eigenvalue weighted by Crippen LogP contribution is -2.51. The number of alkyl halides is 3. The molecule has 0 radical (unpaired) electrons. The van der Waals surface area contributed by atoms with Gasteiger partial charge in [0.05, 0.1) is 28.2 Å². The Bertz CT molecular complexity index is 1260. The van der Waals surface area contributed by atoms with Crippen molar-refractivity contribution in [1.82, 2.24) is 14.9 Å². The highest BCUT2D eigenvalue weighted by Gasteiger charge is 2.48. The third-order valence-corrected chi connectivity index (χ3v) is 11.8. The van der Waals surface area contributed by atoms with E-state index >= 15 is 0 Å². The summed E-state index contributed by atoms with van der Waals surface area (Å²) < 4.78 is 54.5. The predicted octanol–water partition coefficient (Wildman–Crippen LogP) is 7.89. The van der Waals surface area contributed by atoms with Crippen molar-refractivity contribution in [3.8, 4) is 0 Å². The van der Waals surface area contributed by atoms with Crippen LogP contribution in [0, 0.1) is 12.3 Å². The Morgan fingerprint density at radius 1 is 1.05 bits per heavy atom. The van der Waals surface area contributed by atoms with Crippen molar-refractivity contribution in [2.45, 2.75) is 132 Å². The second kappa shape index (κ2) is 13.5. The van der Waals surface area contributed by atoms with Gasteiger partial charge in [0.15, 0.2) is 0 Å². The van der Waals surface area contributed by atoms with Crippen LogP contribution in [-0.2, 0) is 17.0 Å². The first-order valence-corrected chi connectivity index (χ1v) is 17.3. The van der Waals surface area contributed by atoms with Gasteiger partial charge in [0.1, 0.15) is 0 Å². The standard InChI is InChI=1S/C29H39F3N4O2S.C4H8/c1-18(2)36-12-10-28(11-13-36)15-23(16-28)39(38)22-8-9-25(19(3)14-22)34-27-33-17-24(29(30,31)32)26(35-27)20-4-6-21(37)7-5-20;1-2-4-3-1/h8-9,14,17-18,20-21,23,37H,4-7,10-13,15-16H2,1-3H3,(H,33,34,35);1-4H2. The maximum Gasteiger partial charge on any atom is 0.419 e. The number of nitrogens with one attached hydrogen (secondary N) is 1. The second-order valence-corrected chi connectivity index (χ2v) is 15.2. The lowest BCUT2D eigenvalue weighted by atomic mass is 9.63. The highest BCUT2D eigenvalue weighted by molar-refractivity contribution is 7.85. The van der Waals surface area contributed by atoms with Gasteiger partial charge in [0.2, 0.25) is 5.95 Å². The number of rotatable bonds is 6. The Morgan fingerprint density at radius 2 is 1.67 bits per heavy atom. The van der Waals surface area contributed by atoms with Gasteiger partial charge in [-0.1, -0.05) is 25.7 Å². The number of likely N-dealkylation sites (tertiary alicyclic amines) is 1. The number of anilines is 2. The molecule has 1 aromatic heterocycles. The minimum atomic E-state index is -4.54. The average Bonchev–Trinajstić information content (AvgIpc) is 2.91.